The Kier molecular flexibility index (Phi) is 6.30. The maximum atomic E-state index is 14.2. The molecule has 4 aromatic rings. The van der Waals surface area contributed by atoms with Gasteiger partial charge in [0.2, 0.25) is 7.37 Å². The van der Waals surface area contributed by atoms with Gasteiger partial charge in [-0.2, -0.15) is 0 Å². The molecule has 1 aliphatic rings. The minimum atomic E-state index is -4.23. The van der Waals surface area contributed by atoms with Crippen molar-refractivity contribution in [3.05, 3.63) is 106 Å². The molecule has 1 aromatic heterocycles. The van der Waals surface area contributed by atoms with Gasteiger partial charge in [-0.1, -0.05) is 18.2 Å². The Morgan fingerprint density at radius 1 is 1.00 bits per heavy atom. The Labute approximate surface area is 210 Å². The predicted octanol–water partition coefficient (Wildman–Crippen LogP) is 5.50. The minimum absolute atomic E-state index is 0.000793. The molecule has 0 spiro atoms. The quantitative estimate of drug-likeness (QED) is 0.324. The summed E-state index contributed by atoms with van der Waals surface area (Å²) in [5, 5.41) is 11.3. The van der Waals surface area contributed by atoms with Crippen molar-refractivity contribution in [2.45, 2.75) is 25.3 Å². The first-order valence-electron chi connectivity index (χ1n) is 11.4. The lowest BCUT2D eigenvalue weighted by atomic mass is 9.96. The highest BCUT2D eigenvalue weighted by atomic mass is 31.2. The van der Waals surface area contributed by atoms with Gasteiger partial charge in [0.05, 0.1) is 17.9 Å². The normalized spacial score (nSPS) is 14.7. The van der Waals surface area contributed by atoms with Crippen LogP contribution in [0.1, 0.15) is 38.2 Å². The molecule has 0 bridgehead atoms. The van der Waals surface area contributed by atoms with E-state index in [0.717, 1.165) is 17.7 Å². The van der Waals surface area contributed by atoms with Crippen LogP contribution in [-0.2, 0) is 29.9 Å². The van der Waals surface area contributed by atoms with Crippen LogP contribution in [0.2, 0.25) is 0 Å². The summed E-state index contributed by atoms with van der Waals surface area (Å²) in [6.07, 6.45) is 0.659. The molecule has 6 nitrogen and oxygen atoms in total. The van der Waals surface area contributed by atoms with E-state index < -0.39 is 42.8 Å². The number of halogens is 3. The van der Waals surface area contributed by atoms with Crippen LogP contribution in [0, 0.1) is 17.5 Å². The van der Waals surface area contributed by atoms with Crippen LogP contribution < -0.4 is 0 Å². The molecule has 1 amide bonds. The molecule has 1 aliphatic heterocycles. The van der Waals surface area contributed by atoms with E-state index in [1.165, 1.54) is 36.3 Å². The number of amides is 1. The van der Waals surface area contributed by atoms with Crippen molar-refractivity contribution < 1.29 is 32.5 Å². The number of aromatic nitrogens is 1. The van der Waals surface area contributed by atoms with E-state index in [4.69, 9.17) is 0 Å². The Balaban J connectivity index is 1.63. The van der Waals surface area contributed by atoms with E-state index in [9.17, 15) is 32.5 Å². The van der Waals surface area contributed by atoms with Crippen molar-refractivity contribution in [1.29, 1.82) is 0 Å². The second-order valence-electron chi connectivity index (χ2n) is 9.25. The Hall–Kier alpha value is -3.68. The first-order chi connectivity index (χ1) is 17.5. The molecule has 2 N–H and O–H groups in total. The number of nitrogens with zero attached hydrogens (tertiary/aromatic N) is 2. The number of aromatic hydroxyl groups is 1. The third-order valence-corrected chi connectivity index (χ3v) is 8.17. The maximum absolute atomic E-state index is 14.2. The van der Waals surface area contributed by atoms with E-state index in [0.29, 0.717) is 28.5 Å². The van der Waals surface area contributed by atoms with Crippen LogP contribution in [0.4, 0.5) is 13.2 Å². The summed E-state index contributed by atoms with van der Waals surface area (Å²) in [6.45, 7) is 0.0866. The van der Waals surface area contributed by atoms with Crippen molar-refractivity contribution in [1.82, 2.24) is 9.88 Å². The molecule has 10 heteroatoms. The zero-order valence-electron chi connectivity index (χ0n) is 19.7. The number of rotatable bonds is 6. The first-order valence-corrected chi connectivity index (χ1v) is 13.5. The van der Waals surface area contributed by atoms with Crippen LogP contribution in [0.25, 0.3) is 10.9 Å². The monoisotopic (exact) mass is 526 g/mol. The highest BCUT2D eigenvalue weighted by Crippen LogP contribution is 2.52. The molecule has 190 valence electrons. The van der Waals surface area contributed by atoms with Crippen molar-refractivity contribution in [2.75, 3.05) is 7.05 Å². The minimum Gasteiger partial charge on any atom is -0.505 e. The number of pyridine rings is 1. The Morgan fingerprint density at radius 2 is 1.65 bits per heavy atom. The Morgan fingerprint density at radius 3 is 2.32 bits per heavy atom. The van der Waals surface area contributed by atoms with Gasteiger partial charge in [0.1, 0.15) is 23.0 Å². The van der Waals surface area contributed by atoms with E-state index >= 15 is 0 Å². The molecule has 0 radical (unpaired) electrons. The van der Waals surface area contributed by atoms with Gasteiger partial charge in [-0.25, -0.2) is 13.2 Å². The second kappa shape index (κ2) is 9.32. The van der Waals surface area contributed by atoms with E-state index in [1.54, 1.807) is 18.2 Å². The van der Waals surface area contributed by atoms with Crippen molar-refractivity contribution in [3.63, 3.8) is 0 Å². The van der Waals surface area contributed by atoms with Crippen molar-refractivity contribution in [3.8, 4) is 5.75 Å². The summed E-state index contributed by atoms with van der Waals surface area (Å²) in [4.78, 5) is 29.4. The fourth-order valence-electron chi connectivity index (χ4n) is 4.75. The lowest BCUT2D eigenvalue weighted by Crippen LogP contribution is -2.17. The highest BCUT2D eigenvalue weighted by molar-refractivity contribution is 7.56. The molecule has 37 heavy (non-hydrogen) atoms. The van der Waals surface area contributed by atoms with Crippen LogP contribution in [-0.4, -0.2) is 32.8 Å². The third kappa shape index (κ3) is 4.72. The van der Waals surface area contributed by atoms with Gasteiger partial charge >= 0.3 is 0 Å². The molecule has 2 heterocycles. The molecular formula is C27H22F3N2O4P. The topological polar surface area (TPSA) is 90.7 Å². The number of phenols is 1. The summed E-state index contributed by atoms with van der Waals surface area (Å²) >= 11 is 0. The fourth-order valence-corrected chi connectivity index (χ4v) is 6.52. The first kappa shape index (κ1) is 25.0. The lowest BCUT2D eigenvalue weighted by Gasteiger charge is -2.18. The molecular weight excluding hydrogens is 504 g/mol. The van der Waals surface area contributed by atoms with Gasteiger partial charge in [-0.3, -0.25) is 14.3 Å². The second-order valence-corrected chi connectivity index (χ2v) is 11.6. The predicted molar refractivity (Wildman–Crippen MR) is 132 cm³/mol. The molecule has 5 rings (SSSR count). The van der Waals surface area contributed by atoms with Gasteiger partial charge in [-0.15, -0.1) is 0 Å². The summed E-state index contributed by atoms with van der Waals surface area (Å²) in [5.74, 6) is -3.01. The number of fused-ring (bicyclic) bond motifs is 2. The molecule has 0 aliphatic carbocycles. The zero-order chi connectivity index (χ0) is 26.5. The van der Waals surface area contributed by atoms with Crippen molar-refractivity contribution in [2.24, 2.45) is 0 Å². The number of carbonyl (C=O) groups is 1. The number of phenolic OH excluding ortho intramolecular Hbond substituents is 1. The third-order valence-electron chi connectivity index (χ3n) is 6.55. The van der Waals surface area contributed by atoms with Crippen LogP contribution >= 0.6 is 7.37 Å². The summed E-state index contributed by atoms with van der Waals surface area (Å²) < 4.78 is 55.2. The number of benzene rings is 3. The zero-order valence-corrected chi connectivity index (χ0v) is 20.6. The average Bonchev–Trinajstić information content (AvgIpc) is 3.15. The standard InChI is InChI=1S/C27H22F3N2O4P/c1-32-12-19-20(13-37(35,36)14-21-22(29)3-2-4-23(21)30)18-10-16(9-15-5-7-17(28)8-6-15)11-31-25(18)26(33)24(19)27(32)34/h2-8,10-11,33H,9,12-14H2,1H3,(H,35,36). The van der Waals surface area contributed by atoms with Crippen molar-refractivity contribution >= 4 is 24.2 Å². The number of hydrogen-bond donors (Lipinski definition) is 2. The number of carbonyl (C=O) groups excluding carboxylic acids is 1. The van der Waals surface area contributed by atoms with Gasteiger partial charge in [0.15, 0.2) is 5.75 Å². The average molecular weight is 526 g/mol. The molecule has 3 aromatic carbocycles. The Bertz CT molecular complexity index is 1590. The van der Waals surface area contributed by atoms with E-state index in [2.05, 4.69) is 4.98 Å². The van der Waals surface area contributed by atoms with Crippen LogP contribution in [0.3, 0.4) is 0 Å². The van der Waals surface area contributed by atoms with Gasteiger partial charge < -0.3 is 14.9 Å². The molecule has 1 unspecified atom stereocenters. The lowest BCUT2D eigenvalue weighted by molar-refractivity contribution is 0.0814. The molecule has 0 saturated heterocycles. The molecule has 0 saturated carbocycles. The largest absolute Gasteiger partial charge is 0.505 e. The van der Waals surface area contributed by atoms with Gasteiger partial charge in [-0.05, 0) is 59.0 Å². The number of hydrogen-bond acceptors (Lipinski definition) is 4. The van der Waals surface area contributed by atoms with Gasteiger partial charge in [0.25, 0.3) is 5.91 Å². The maximum Gasteiger partial charge on any atom is 0.258 e. The SMILES string of the molecule is CN1Cc2c(c(O)c3ncc(Cc4ccc(F)cc4)cc3c2CP(=O)(O)Cc2c(F)cccc2F)C1=O. The summed E-state index contributed by atoms with van der Waals surface area (Å²) in [5.41, 5.74) is 1.77. The highest BCUT2D eigenvalue weighted by Gasteiger charge is 2.35. The van der Waals surface area contributed by atoms with Gasteiger partial charge in [0, 0.05) is 30.7 Å². The van der Waals surface area contributed by atoms with Crippen LogP contribution in [0.15, 0.2) is 54.7 Å². The smallest absolute Gasteiger partial charge is 0.258 e. The fraction of sp³-hybridized carbons (Fsp3) is 0.185. The van der Waals surface area contributed by atoms with Crippen LogP contribution in [0.5, 0.6) is 5.75 Å². The molecule has 0 fully saturated rings. The van der Waals surface area contributed by atoms with E-state index in [-0.39, 0.29) is 29.2 Å². The summed E-state index contributed by atoms with van der Waals surface area (Å²) in [7, 11) is -2.69. The van der Waals surface area contributed by atoms with E-state index in [1.807, 2.05) is 0 Å². The summed E-state index contributed by atoms with van der Waals surface area (Å²) in [6, 6.07) is 10.8. The molecule has 1 atom stereocenters.